The number of aromatic nitrogens is 1. The van der Waals surface area contributed by atoms with Gasteiger partial charge in [-0.25, -0.2) is 5.48 Å². The van der Waals surface area contributed by atoms with Gasteiger partial charge in [-0.05, 0) is 25.0 Å². The summed E-state index contributed by atoms with van der Waals surface area (Å²) in [5.41, 5.74) is 3.29. The van der Waals surface area contributed by atoms with E-state index in [4.69, 9.17) is 5.21 Å². The Balaban J connectivity index is 1.74. The summed E-state index contributed by atoms with van der Waals surface area (Å²) < 4.78 is 0. The standard InChI is InChI=1S/C16H19N3O3/c20-15(7-3-4-8-16(21)19-22)17-11-13-10-9-12-5-1-2-6-14(12)18-13/h1-2,5-6,9-10,22H,3-4,7-8,11H2,(H,17,20)(H,19,21). The Kier molecular flexibility index (Phi) is 5.85. The van der Waals surface area contributed by atoms with Gasteiger partial charge in [0, 0.05) is 18.2 Å². The molecule has 6 nitrogen and oxygen atoms in total. The van der Waals surface area contributed by atoms with E-state index < -0.39 is 5.91 Å². The molecule has 2 amide bonds. The molecule has 0 aliphatic heterocycles. The summed E-state index contributed by atoms with van der Waals surface area (Å²) >= 11 is 0. The first-order valence-corrected chi connectivity index (χ1v) is 7.23. The number of hydroxylamine groups is 1. The lowest BCUT2D eigenvalue weighted by Crippen LogP contribution is -2.23. The van der Waals surface area contributed by atoms with E-state index in [1.807, 2.05) is 36.4 Å². The van der Waals surface area contributed by atoms with Crippen molar-refractivity contribution < 1.29 is 14.8 Å². The Bertz CT molecular complexity index is 658. The van der Waals surface area contributed by atoms with E-state index >= 15 is 0 Å². The Morgan fingerprint density at radius 3 is 2.50 bits per heavy atom. The van der Waals surface area contributed by atoms with Gasteiger partial charge in [-0.2, -0.15) is 0 Å². The Morgan fingerprint density at radius 2 is 1.73 bits per heavy atom. The zero-order chi connectivity index (χ0) is 15.8. The molecule has 0 saturated heterocycles. The van der Waals surface area contributed by atoms with Crippen molar-refractivity contribution in [3.8, 4) is 0 Å². The van der Waals surface area contributed by atoms with E-state index in [9.17, 15) is 9.59 Å². The van der Waals surface area contributed by atoms with Crippen LogP contribution in [0.1, 0.15) is 31.4 Å². The van der Waals surface area contributed by atoms with Crippen molar-refractivity contribution in [3.05, 3.63) is 42.1 Å². The fourth-order valence-corrected chi connectivity index (χ4v) is 2.11. The second-order valence-electron chi connectivity index (χ2n) is 5.01. The average Bonchev–Trinajstić information content (AvgIpc) is 2.56. The van der Waals surface area contributed by atoms with Crippen molar-refractivity contribution in [3.63, 3.8) is 0 Å². The van der Waals surface area contributed by atoms with Crippen LogP contribution in [0, 0.1) is 0 Å². The predicted molar refractivity (Wildman–Crippen MR) is 82.0 cm³/mol. The molecule has 3 N–H and O–H groups in total. The lowest BCUT2D eigenvalue weighted by molar-refractivity contribution is -0.129. The summed E-state index contributed by atoms with van der Waals surface area (Å²) in [6.07, 6.45) is 1.74. The van der Waals surface area contributed by atoms with Gasteiger partial charge in [0.25, 0.3) is 0 Å². The molecule has 0 saturated carbocycles. The molecule has 0 spiro atoms. The Labute approximate surface area is 128 Å². The number of fused-ring (bicyclic) bond motifs is 1. The second kappa shape index (κ2) is 8.09. The van der Waals surface area contributed by atoms with E-state index in [1.54, 1.807) is 5.48 Å². The van der Waals surface area contributed by atoms with Crippen LogP contribution in [0.2, 0.25) is 0 Å². The fourth-order valence-electron chi connectivity index (χ4n) is 2.11. The maximum atomic E-state index is 11.7. The normalized spacial score (nSPS) is 10.4. The summed E-state index contributed by atoms with van der Waals surface area (Å²) in [7, 11) is 0. The lowest BCUT2D eigenvalue weighted by atomic mass is 10.2. The molecule has 116 valence electrons. The van der Waals surface area contributed by atoms with Crippen LogP contribution in [0.25, 0.3) is 10.9 Å². The van der Waals surface area contributed by atoms with Crippen LogP contribution in [0.4, 0.5) is 0 Å². The molecule has 0 bridgehead atoms. The summed E-state index contributed by atoms with van der Waals surface area (Å²) in [6, 6.07) is 11.7. The van der Waals surface area contributed by atoms with E-state index in [0.717, 1.165) is 16.6 Å². The van der Waals surface area contributed by atoms with E-state index in [1.165, 1.54) is 0 Å². The van der Waals surface area contributed by atoms with Gasteiger partial charge in [0.05, 0.1) is 17.8 Å². The fraction of sp³-hybridized carbons (Fsp3) is 0.312. The highest BCUT2D eigenvalue weighted by Gasteiger charge is 2.04. The summed E-state index contributed by atoms with van der Waals surface area (Å²) in [5.74, 6) is -0.500. The molecule has 1 heterocycles. The molecule has 1 aromatic carbocycles. The highest BCUT2D eigenvalue weighted by molar-refractivity contribution is 5.79. The third kappa shape index (κ3) is 4.82. The number of carbonyl (C=O) groups is 2. The van der Waals surface area contributed by atoms with E-state index in [-0.39, 0.29) is 12.3 Å². The van der Waals surface area contributed by atoms with E-state index in [0.29, 0.717) is 25.8 Å². The third-order valence-electron chi connectivity index (χ3n) is 3.31. The quantitative estimate of drug-likeness (QED) is 0.414. The van der Waals surface area contributed by atoms with Gasteiger partial charge < -0.3 is 5.32 Å². The lowest BCUT2D eigenvalue weighted by Gasteiger charge is -2.06. The van der Waals surface area contributed by atoms with Crippen LogP contribution in [0.5, 0.6) is 0 Å². The Morgan fingerprint density at radius 1 is 1.00 bits per heavy atom. The molecule has 1 aromatic heterocycles. The first kappa shape index (κ1) is 15.9. The van der Waals surface area contributed by atoms with Gasteiger partial charge in [0.15, 0.2) is 0 Å². The first-order chi connectivity index (χ1) is 10.7. The predicted octanol–water partition coefficient (Wildman–Crippen LogP) is 1.92. The van der Waals surface area contributed by atoms with Crippen LogP contribution in [0.15, 0.2) is 36.4 Å². The van der Waals surface area contributed by atoms with E-state index in [2.05, 4.69) is 10.3 Å². The first-order valence-electron chi connectivity index (χ1n) is 7.23. The monoisotopic (exact) mass is 301 g/mol. The van der Waals surface area contributed by atoms with Crippen molar-refractivity contribution in [2.24, 2.45) is 0 Å². The van der Waals surface area contributed by atoms with Crippen molar-refractivity contribution in [2.45, 2.75) is 32.2 Å². The SMILES string of the molecule is O=C(CCCCC(=O)NCc1ccc2ccccc2n1)NO. The number of carbonyl (C=O) groups excluding carboxylic acids is 2. The minimum absolute atomic E-state index is 0.0700. The third-order valence-corrected chi connectivity index (χ3v) is 3.31. The summed E-state index contributed by atoms with van der Waals surface area (Å²) in [4.78, 5) is 27.0. The number of para-hydroxylation sites is 1. The smallest absolute Gasteiger partial charge is 0.243 e. The van der Waals surface area contributed by atoms with Crippen LogP contribution >= 0.6 is 0 Å². The van der Waals surface area contributed by atoms with Crippen molar-refractivity contribution in [1.82, 2.24) is 15.8 Å². The number of nitrogens with one attached hydrogen (secondary N) is 2. The maximum absolute atomic E-state index is 11.7. The molecule has 0 unspecified atom stereocenters. The van der Waals surface area contributed by atoms with Gasteiger partial charge in [0.1, 0.15) is 0 Å². The molecule has 2 rings (SSSR count). The van der Waals surface area contributed by atoms with Gasteiger partial charge in [-0.1, -0.05) is 24.3 Å². The minimum Gasteiger partial charge on any atom is -0.350 e. The topological polar surface area (TPSA) is 91.3 Å². The number of hydrogen-bond donors (Lipinski definition) is 3. The molecular weight excluding hydrogens is 282 g/mol. The number of rotatable bonds is 7. The number of pyridine rings is 1. The number of nitrogens with zero attached hydrogens (tertiary/aromatic N) is 1. The largest absolute Gasteiger partial charge is 0.350 e. The Hall–Kier alpha value is -2.47. The number of hydrogen-bond acceptors (Lipinski definition) is 4. The number of amides is 2. The molecule has 22 heavy (non-hydrogen) atoms. The average molecular weight is 301 g/mol. The summed E-state index contributed by atoms with van der Waals surface area (Å²) in [5, 5.41) is 12.2. The van der Waals surface area contributed by atoms with Crippen molar-refractivity contribution in [2.75, 3.05) is 0 Å². The van der Waals surface area contributed by atoms with Gasteiger partial charge in [0.2, 0.25) is 11.8 Å². The molecule has 0 radical (unpaired) electrons. The van der Waals surface area contributed by atoms with Gasteiger partial charge in [-0.15, -0.1) is 0 Å². The van der Waals surface area contributed by atoms with Crippen LogP contribution in [-0.4, -0.2) is 22.0 Å². The van der Waals surface area contributed by atoms with Gasteiger partial charge in [-0.3, -0.25) is 19.8 Å². The zero-order valence-electron chi connectivity index (χ0n) is 12.2. The molecule has 0 aliphatic rings. The molecule has 0 aliphatic carbocycles. The molecular formula is C16H19N3O3. The van der Waals surface area contributed by atoms with Crippen LogP contribution < -0.4 is 10.8 Å². The second-order valence-corrected chi connectivity index (χ2v) is 5.01. The van der Waals surface area contributed by atoms with Crippen molar-refractivity contribution in [1.29, 1.82) is 0 Å². The highest BCUT2D eigenvalue weighted by Crippen LogP contribution is 2.11. The summed E-state index contributed by atoms with van der Waals surface area (Å²) in [6.45, 7) is 0.390. The van der Waals surface area contributed by atoms with Crippen LogP contribution in [0.3, 0.4) is 0 Å². The van der Waals surface area contributed by atoms with Gasteiger partial charge >= 0.3 is 0 Å². The van der Waals surface area contributed by atoms with Crippen LogP contribution in [-0.2, 0) is 16.1 Å². The zero-order valence-corrected chi connectivity index (χ0v) is 12.2. The molecule has 2 aromatic rings. The van der Waals surface area contributed by atoms with Crippen molar-refractivity contribution >= 4 is 22.7 Å². The highest BCUT2D eigenvalue weighted by atomic mass is 16.5. The molecule has 0 fully saturated rings. The number of unbranched alkanes of at least 4 members (excludes halogenated alkanes) is 1. The maximum Gasteiger partial charge on any atom is 0.243 e. The number of benzene rings is 1. The molecule has 0 atom stereocenters. The molecule has 6 heteroatoms. The minimum atomic E-state index is -0.430.